The number of aliphatic hydroxyl groups is 1. The third-order valence-electron chi connectivity index (χ3n) is 6.21. The maximum Gasteiger partial charge on any atom is 0.237 e. The first-order chi connectivity index (χ1) is 15.9. The van der Waals surface area contributed by atoms with E-state index in [1.165, 1.54) is 16.0 Å². The topological polar surface area (TPSA) is 53.0 Å². The zero-order valence-electron chi connectivity index (χ0n) is 20.2. The number of fused-ring (bicyclic) bond motifs is 1. The first-order valence-corrected chi connectivity index (χ1v) is 12.9. The second-order valence-corrected chi connectivity index (χ2v) is 10.1. The molecule has 2 heterocycles. The lowest BCUT2D eigenvalue weighted by Gasteiger charge is -2.37. The van der Waals surface area contributed by atoms with Crippen molar-refractivity contribution in [3.05, 3.63) is 64.4 Å². The van der Waals surface area contributed by atoms with Gasteiger partial charge in [0, 0.05) is 24.5 Å². The van der Waals surface area contributed by atoms with Crippen LogP contribution >= 0.6 is 11.3 Å². The Morgan fingerprint density at radius 2 is 2.09 bits per heavy atom. The Labute approximate surface area is 202 Å². The molecule has 6 heteroatoms. The highest BCUT2D eigenvalue weighted by Gasteiger charge is 2.33. The molecule has 3 rings (SSSR count). The lowest BCUT2D eigenvalue weighted by molar-refractivity contribution is -0.136. The molecule has 0 bridgehead atoms. The van der Waals surface area contributed by atoms with E-state index in [0.717, 1.165) is 25.0 Å². The van der Waals surface area contributed by atoms with Gasteiger partial charge in [0.15, 0.2) is 0 Å². The molecule has 2 atom stereocenters. The summed E-state index contributed by atoms with van der Waals surface area (Å²) >= 11 is 1.76. The fourth-order valence-electron chi connectivity index (χ4n) is 4.39. The van der Waals surface area contributed by atoms with Gasteiger partial charge in [-0.1, -0.05) is 45.4 Å². The van der Waals surface area contributed by atoms with Crippen molar-refractivity contribution in [2.24, 2.45) is 0 Å². The number of carbonyl (C=O) groups excluding carboxylic acids is 1. The van der Waals surface area contributed by atoms with Gasteiger partial charge in [-0.2, -0.15) is 0 Å². The first-order valence-electron chi connectivity index (χ1n) is 12.0. The van der Waals surface area contributed by atoms with E-state index in [1.807, 2.05) is 21.9 Å². The molecule has 1 aliphatic heterocycles. The SMILES string of the molecule is C=CCN(CC(=O)N1CCc2sccc2[C@H]1COc1ccc(C(C)C)cc1)C[C@@H](O)CCC. The summed E-state index contributed by atoms with van der Waals surface area (Å²) in [6, 6.07) is 10.3. The van der Waals surface area contributed by atoms with E-state index >= 15 is 0 Å². The number of rotatable bonds is 12. The Morgan fingerprint density at radius 1 is 1.33 bits per heavy atom. The van der Waals surface area contributed by atoms with Crippen LogP contribution in [0.5, 0.6) is 5.75 Å². The second-order valence-electron chi connectivity index (χ2n) is 9.11. The number of thiophene rings is 1. The van der Waals surface area contributed by atoms with Gasteiger partial charge in [0.2, 0.25) is 5.91 Å². The van der Waals surface area contributed by atoms with Crippen LogP contribution in [0.15, 0.2) is 48.4 Å². The molecule has 1 amide bonds. The van der Waals surface area contributed by atoms with Crippen molar-refractivity contribution in [3.63, 3.8) is 0 Å². The molecule has 5 nitrogen and oxygen atoms in total. The van der Waals surface area contributed by atoms with E-state index in [4.69, 9.17) is 4.74 Å². The van der Waals surface area contributed by atoms with Gasteiger partial charge in [0.1, 0.15) is 12.4 Å². The highest BCUT2D eigenvalue weighted by molar-refractivity contribution is 7.10. The van der Waals surface area contributed by atoms with E-state index in [1.54, 1.807) is 17.4 Å². The van der Waals surface area contributed by atoms with Gasteiger partial charge < -0.3 is 14.7 Å². The molecule has 1 aromatic carbocycles. The smallest absolute Gasteiger partial charge is 0.237 e. The van der Waals surface area contributed by atoms with Crippen LogP contribution in [0.3, 0.4) is 0 Å². The molecule has 0 saturated carbocycles. The molecular formula is C27H38N2O3S. The highest BCUT2D eigenvalue weighted by Crippen LogP contribution is 2.34. The van der Waals surface area contributed by atoms with E-state index in [-0.39, 0.29) is 18.5 Å². The van der Waals surface area contributed by atoms with E-state index in [9.17, 15) is 9.90 Å². The fourth-order valence-corrected chi connectivity index (χ4v) is 5.32. The molecule has 0 unspecified atom stereocenters. The number of hydrogen-bond acceptors (Lipinski definition) is 5. The van der Waals surface area contributed by atoms with Crippen molar-refractivity contribution in [3.8, 4) is 5.75 Å². The number of nitrogens with zero attached hydrogens (tertiary/aromatic N) is 2. The Bertz CT molecular complexity index is 893. The summed E-state index contributed by atoms with van der Waals surface area (Å²) in [5.41, 5.74) is 2.48. The molecule has 0 spiro atoms. The van der Waals surface area contributed by atoms with Crippen molar-refractivity contribution in [2.45, 2.75) is 58.1 Å². The van der Waals surface area contributed by atoms with Gasteiger partial charge in [0.25, 0.3) is 0 Å². The monoisotopic (exact) mass is 470 g/mol. The van der Waals surface area contributed by atoms with Crippen LogP contribution in [0.4, 0.5) is 0 Å². The molecule has 0 radical (unpaired) electrons. The summed E-state index contributed by atoms with van der Waals surface area (Å²) < 4.78 is 6.18. The van der Waals surface area contributed by atoms with Crippen molar-refractivity contribution < 1.29 is 14.6 Å². The Hall–Kier alpha value is -2.15. The normalized spacial score (nSPS) is 16.7. The molecule has 180 valence electrons. The fraction of sp³-hybridized carbons (Fsp3) is 0.519. The summed E-state index contributed by atoms with van der Waals surface area (Å²) in [5, 5.41) is 12.4. The highest BCUT2D eigenvalue weighted by atomic mass is 32.1. The predicted molar refractivity (Wildman–Crippen MR) is 136 cm³/mol. The predicted octanol–water partition coefficient (Wildman–Crippen LogP) is 5.03. The van der Waals surface area contributed by atoms with Crippen molar-refractivity contribution >= 4 is 17.2 Å². The van der Waals surface area contributed by atoms with Crippen molar-refractivity contribution in [2.75, 3.05) is 32.8 Å². The van der Waals surface area contributed by atoms with Crippen LogP contribution in [-0.2, 0) is 11.2 Å². The minimum Gasteiger partial charge on any atom is -0.491 e. The second kappa shape index (κ2) is 12.4. The van der Waals surface area contributed by atoms with Gasteiger partial charge in [-0.25, -0.2) is 0 Å². The van der Waals surface area contributed by atoms with Crippen LogP contribution in [0.2, 0.25) is 0 Å². The minimum absolute atomic E-state index is 0.0705. The number of carbonyl (C=O) groups is 1. The molecule has 0 aliphatic carbocycles. The quantitative estimate of drug-likeness (QED) is 0.442. The molecule has 2 aromatic rings. The van der Waals surface area contributed by atoms with Crippen molar-refractivity contribution in [1.29, 1.82) is 0 Å². The Morgan fingerprint density at radius 3 is 2.76 bits per heavy atom. The lowest BCUT2D eigenvalue weighted by Crippen LogP contribution is -2.47. The maximum atomic E-state index is 13.4. The van der Waals surface area contributed by atoms with Gasteiger partial charge in [0.05, 0.1) is 18.7 Å². The van der Waals surface area contributed by atoms with Gasteiger partial charge >= 0.3 is 0 Å². The van der Waals surface area contributed by atoms with Crippen LogP contribution < -0.4 is 4.74 Å². The van der Waals surface area contributed by atoms with E-state index in [0.29, 0.717) is 32.2 Å². The number of amides is 1. The van der Waals surface area contributed by atoms with Gasteiger partial charge in [-0.05, 0) is 53.5 Å². The average molecular weight is 471 g/mol. The minimum atomic E-state index is -0.430. The van der Waals surface area contributed by atoms with Gasteiger partial charge in [-0.3, -0.25) is 9.69 Å². The summed E-state index contributed by atoms with van der Waals surface area (Å²) in [6.07, 6.45) is 3.89. The maximum absolute atomic E-state index is 13.4. The molecule has 0 fully saturated rings. The molecule has 1 N–H and O–H groups in total. The first kappa shape index (κ1) is 25.5. The Kier molecular flexibility index (Phi) is 9.53. The molecule has 1 aromatic heterocycles. The van der Waals surface area contributed by atoms with Gasteiger partial charge in [-0.15, -0.1) is 17.9 Å². The molecule has 1 aliphatic rings. The van der Waals surface area contributed by atoms with E-state index in [2.05, 4.69) is 50.9 Å². The third-order valence-corrected chi connectivity index (χ3v) is 7.20. The zero-order chi connectivity index (χ0) is 23.8. The van der Waals surface area contributed by atoms with Crippen LogP contribution in [0.25, 0.3) is 0 Å². The standard InChI is InChI=1S/C27H38N2O3S/c1-5-7-22(30)17-28(14-6-2)18-27(31)29-15-12-26-24(13-16-33-26)25(29)19-32-23-10-8-21(9-11-23)20(3)4/h6,8-11,13,16,20,22,25,30H,2,5,7,12,14-15,17-19H2,1,3-4H3/t22-,25+/m0/s1. The largest absolute Gasteiger partial charge is 0.491 e. The van der Waals surface area contributed by atoms with Crippen molar-refractivity contribution in [1.82, 2.24) is 9.80 Å². The van der Waals surface area contributed by atoms with Crippen LogP contribution in [0, 0.1) is 0 Å². The number of hydrogen-bond donors (Lipinski definition) is 1. The lowest BCUT2D eigenvalue weighted by atomic mass is 10.00. The number of benzene rings is 1. The number of ether oxygens (including phenoxy) is 1. The van der Waals surface area contributed by atoms with E-state index < -0.39 is 6.10 Å². The average Bonchev–Trinajstić information content (AvgIpc) is 3.27. The summed E-state index contributed by atoms with van der Waals surface area (Å²) in [6.45, 7) is 12.7. The number of aliphatic hydroxyl groups excluding tert-OH is 1. The third kappa shape index (κ3) is 6.92. The molecule has 33 heavy (non-hydrogen) atoms. The Balaban J connectivity index is 1.70. The zero-order valence-corrected chi connectivity index (χ0v) is 21.0. The summed E-state index contributed by atoms with van der Waals surface area (Å²) in [7, 11) is 0. The van der Waals surface area contributed by atoms with Crippen LogP contribution in [-0.4, -0.2) is 59.7 Å². The molecule has 0 saturated heterocycles. The summed E-state index contributed by atoms with van der Waals surface area (Å²) in [5.74, 6) is 1.37. The van der Waals surface area contributed by atoms with Crippen LogP contribution in [0.1, 0.15) is 61.6 Å². The molecular weight excluding hydrogens is 432 g/mol. The summed E-state index contributed by atoms with van der Waals surface area (Å²) in [4.78, 5) is 18.7.